The van der Waals surface area contributed by atoms with Gasteiger partial charge in [-0.3, -0.25) is 14.0 Å². The predicted octanol–water partition coefficient (Wildman–Crippen LogP) is 5.39. The molecule has 2 aromatic carbocycles. The van der Waals surface area contributed by atoms with E-state index in [9.17, 15) is 14.7 Å². The van der Waals surface area contributed by atoms with Gasteiger partial charge in [0.2, 0.25) is 11.8 Å². The van der Waals surface area contributed by atoms with Crippen LogP contribution in [0, 0.1) is 0 Å². The van der Waals surface area contributed by atoms with E-state index in [2.05, 4.69) is 20.9 Å². The smallest absolute Gasteiger partial charge is 0.258 e. The molecule has 1 aliphatic heterocycles. The molecule has 0 bridgehead atoms. The summed E-state index contributed by atoms with van der Waals surface area (Å²) in [5.74, 6) is 0.584. The molecule has 2 aliphatic rings. The van der Waals surface area contributed by atoms with Crippen molar-refractivity contribution in [3.63, 3.8) is 0 Å². The summed E-state index contributed by atoms with van der Waals surface area (Å²) in [6, 6.07) is 21.0. The SMILES string of the molecule is COc1nc(-c2cccc(-c3cccc(-c4ccc5nc(CN[C@H]6C[C@@H](O)C6)cc(=O)n5c4)c3Cl)c2Cl)ccc1CNC[C@@H]1CCC(=O)N1. The molecule has 252 valence electrons. The Morgan fingerprint density at radius 1 is 0.939 bits per heavy atom. The van der Waals surface area contributed by atoms with Gasteiger partial charge in [-0.1, -0.05) is 65.7 Å². The van der Waals surface area contributed by atoms with E-state index in [1.807, 2.05) is 60.7 Å². The van der Waals surface area contributed by atoms with Gasteiger partial charge in [0.1, 0.15) is 5.65 Å². The summed E-state index contributed by atoms with van der Waals surface area (Å²) in [6.07, 6.45) is 4.33. The molecule has 5 aromatic rings. The molecule has 49 heavy (non-hydrogen) atoms. The maximum atomic E-state index is 13.1. The second-order valence-electron chi connectivity index (χ2n) is 12.6. The average molecular weight is 700 g/mol. The van der Waals surface area contributed by atoms with Crippen LogP contribution in [0.4, 0.5) is 0 Å². The van der Waals surface area contributed by atoms with Crippen molar-refractivity contribution in [2.24, 2.45) is 0 Å². The number of carbonyl (C=O) groups excluding carboxylic acids is 1. The largest absolute Gasteiger partial charge is 0.481 e. The Labute approximate surface area is 293 Å². The van der Waals surface area contributed by atoms with Crippen molar-refractivity contribution in [1.82, 2.24) is 30.3 Å². The van der Waals surface area contributed by atoms with Crippen LogP contribution in [-0.4, -0.2) is 57.2 Å². The number of aromatic nitrogens is 3. The Balaban J connectivity index is 1.13. The molecule has 1 atom stereocenters. The fourth-order valence-electron chi connectivity index (χ4n) is 6.45. The fourth-order valence-corrected chi connectivity index (χ4v) is 7.11. The van der Waals surface area contributed by atoms with Crippen LogP contribution >= 0.6 is 23.2 Å². The number of halogens is 2. The van der Waals surface area contributed by atoms with Crippen molar-refractivity contribution in [2.45, 2.75) is 57.0 Å². The Hall–Kier alpha value is -4.32. The van der Waals surface area contributed by atoms with Gasteiger partial charge in [0, 0.05) is 83.8 Å². The van der Waals surface area contributed by atoms with Gasteiger partial charge in [-0.05, 0) is 37.5 Å². The molecule has 0 spiro atoms. The molecule has 4 heterocycles. The lowest BCUT2D eigenvalue weighted by Gasteiger charge is -2.32. The zero-order chi connectivity index (χ0) is 34.1. The van der Waals surface area contributed by atoms with E-state index in [-0.39, 0.29) is 29.7 Å². The summed E-state index contributed by atoms with van der Waals surface area (Å²) < 4.78 is 7.16. The number of aliphatic hydroxyl groups excluding tert-OH is 1. The quantitative estimate of drug-likeness (QED) is 0.145. The highest BCUT2D eigenvalue weighted by atomic mass is 35.5. The number of carbonyl (C=O) groups is 1. The second-order valence-corrected chi connectivity index (χ2v) is 13.3. The van der Waals surface area contributed by atoms with Crippen LogP contribution in [-0.2, 0) is 17.9 Å². The van der Waals surface area contributed by atoms with Crippen molar-refractivity contribution in [2.75, 3.05) is 13.7 Å². The van der Waals surface area contributed by atoms with Crippen LogP contribution in [0.3, 0.4) is 0 Å². The second kappa shape index (κ2) is 14.3. The maximum Gasteiger partial charge on any atom is 0.258 e. The summed E-state index contributed by atoms with van der Waals surface area (Å²) in [5.41, 5.74) is 6.28. The summed E-state index contributed by atoms with van der Waals surface area (Å²) in [4.78, 5) is 34.1. The topological polar surface area (TPSA) is 130 Å². The van der Waals surface area contributed by atoms with Gasteiger partial charge >= 0.3 is 0 Å². The summed E-state index contributed by atoms with van der Waals surface area (Å²) in [5, 5.41) is 20.2. The van der Waals surface area contributed by atoms with Gasteiger partial charge in [-0.25, -0.2) is 9.97 Å². The summed E-state index contributed by atoms with van der Waals surface area (Å²) in [7, 11) is 1.59. The number of pyridine rings is 2. The van der Waals surface area contributed by atoms with E-state index < -0.39 is 0 Å². The maximum absolute atomic E-state index is 13.1. The van der Waals surface area contributed by atoms with Crippen LogP contribution in [0.1, 0.15) is 36.9 Å². The number of methoxy groups -OCH3 is 1. The molecule has 1 saturated carbocycles. The molecule has 0 radical (unpaired) electrons. The number of rotatable bonds is 11. The Bertz CT molecular complexity index is 2100. The fraction of sp³-hybridized carbons (Fsp3) is 0.297. The van der Waals surface area contributed by atoms with Gasteiger partial charge in [0.15, 0.2) is 0 Å². The molecule has 1 saturated heterocycles. The van der Waals surface area contributed by atoms with Gasteiger partial charge < -0.3 is 25.8 Å². The lowest BCUT2D eigenvalue weighted by Crippen LogP contribution is -2.43. The first-order valence-electron chi connectivity index (χ1n) is 16.3. The summed E-state index contributed by atoms with van der Waals surface area (Å²) >= 11 is 14.2. The normalized spacial score (nSPS) is 18.8. The molecular formula is C37H36Cl2N6O4. The molecule has 7 rings (SSSR count). The third-order valence-corrected chi connectivity index (χ3v) is 10.0. The Morgan fingerprint density at radius 2 is 1.67 bits per heavy atom. The standard InChI is InChI=1S/C37H36Cl2N6O4/c1-49-37-21(17-40-18-23-10-13-33(47)43-23)8-11-31(44-37)30-7-3-6-29(36(30)39)28-5-2-4-27(35(28)38)22-9-12-32-42-25(16-34(48)45(32)20-22)19-41-24-14-26(46)15-24/h2-9,11-12,16,20,23-24,26,40-41,46H,10,13-15,17-19H2,1H3,(H,43,47)/t23-,24-,26+/m0/s1. The van der Waals surface area contributed by atoms with Crippen LogP contribution in [0.2, 0.25) is 10.0 Å². The van der Waals surface area contributed by atoms with Crippen molar-refractivity contribution in [3.8, 4) is 39.4 Å². The molecule has 1 amide bonds. The highest BCUT2D eigenvalue weighted by Gasteiger charge is 2.26. The minimum atomic E-state index is -0.247. The highest BCUT2D eigenvalue weighted by molar-refractivity contribution is 6.39. The number of nitrogens with zero attached hydrogens (tertiary/aromatic N) is 3. The average Bonchev–Trinajstić information content (AvgIpc) is 3.51. The van der Waals surface area contributed by atoms with Crippen LogP contribution in [0.5, 0.6) is 5.88 Å². The van der Waals surface area contributed by atoms with Gasteiger partial charge in [-0.15, -0.1) is 0 Å². The highest BCUT2D eigenvalue weighted by Crippen LogP contribution is 2.42. The predicted molar refractivity (Wildman–Crippen MR) is 191 cm³/mol. The lowest BCUT2D eigenvalue weighted by molar-refractivity contribution is -0.119. The van der Waals surface area contributed by atoms with Crippen molar-refractivity contribution in [3.05, 3.63) is 105 Å². The first kappa shape index (κ1) is 33.2. The van der Waals surface area contributed by atoms with Gasteiger partial charge in [-0.2, -0.15) is 0 Å². The molecule has 2 fully saturated rings. The third-order valence-electron chi connectivity index (χ3n) is 9.20. The molecule has 0 unspecified atom stereocenters. The molecule has 3 aromatic heterocycles. The number of fused-ring (bicyclic) bond motifs is 1. The zero-order valence-corrected chi connectivity index (χ0v) is 28.4. The number of benzene rings is 2. The first-order chi connectivity index (χ1) is 23.8. The molecule has 12 heteroatoms. The number of amides is 1. The number of hydrogen-bond acceptors (Lipinski definition) is 8. The molecule has 4 N–H and O–H groups in total. The van der Waals surface area contributed by atoms with E-state index >= 15 is 0 Å². The minimum Gasteiger partial charge on any atom is -0.481 e. The zero-order valence-electron chi connectivity index (χ0n) is 26.9. The number of aliphatic hydroxyl groups is 1. The van der Waals surface area contributed by atoms with Gasteiger partial charge in [0.05, 0.1) is 34.6 Å². The van der Waals surface area contributed by atoms with Crippen molar-refractivity contribution >= 4 is 34.8 Å². The van der Waals surface area contributed by atoms with E-state index in [1.165, 1.54) is 10.5 Å². The van der Waals surface area contributed by atoms with Gasteiger partial charge in [0.25, 0.3) is 5.56 Å². The van der Waals surface area contributed by atoms with Crippen LogP contribution in [0.25, 0.3) is 39.2 Å². The Morgan fingerprint density at radius 3 is 2.39 bits per heavy atom. The first-order valence-corrected chi connectivity index (χ1v) is 17.1. The Kier molecular flexibility index (Phi) is 9.66. The molecule has 10 nitrogen and oxygen atoms in total. The van der Waals surface area contributed by atoms with Crippen LogP contribution in [0.15, 0.2) is 77.7 Å². The number of hydrogen-bond donors (Lipinski definition) is 4. The summed E-state index contributed by atoms with van der Waals surface area (Å²) in [6.45, 7) is 1.67. The molecular weight excluding hydrogens is 663 g/mol. The van der Waals surface area contributed by atoms with E-state index in [0.29, 0.717) is 71.9 Å². The monoisotopic (exact) mass is 698 g/mol. The van der Waals surface area contributed by atoms with Crippen molar-refractivity contribution < 1.29 is 14.6 Å². The van der Waals surface area contributed by atoms with Crippen LogP contribution < -0.4 is 26.2 Å². The lowest BCUT2D eigenvalue weighted by atomic mass is 9.89. The van der Waals surface area contributed by atoms with E-state index in [1.54, 1.807) is 13.3 Å². The molecule has 1 aliphatic carbocycles. The third kappa shape index (κ3) is 7.06. The van der Waals surface area contributed by atoms with E-state index in [0.717, 1.165) is 39.8 Å². The number of nitrogens with one attached hydrogen (secondary N) is 3. The van der Waals surface area contributed by atoms with E-state index in [4.69, 9.17) is 32.9 Å². The minimum absolute atomic E-state index is 0.0933. The van der Waals surface area contributed by atoms with Crippen molar-refractivity contribution in [1.29, 1.82) is 0 Å². The number of ether oxygens (including phenoxy) is 1.